The van der Waals surface area contributed by atoms with Crippen molar-refractivity contribution in [2.75, 3.05) is 26.4 Å². The number of anilines is 1. The zero-order valence-electron chi connectivity index (χ0n) is 15.6. The molecule has 0 saturated carbocycles. The van der Waals surface area contributed by atoms with E-state index in [4.69, 9.17) is 10.5 Å². The van der Waals surface area contributed by atoms with Gasteiger partial charge in [-0.1, -0.05) is 18.2 Å². The zero-order valence-corrected chi connectivity index (χ0v) is 15.6. The molecule has 0 bridgehead atoms. The smallest absolute Gasteiger partial charge is 0.332 e. The Morgan fingerprint density at radius 2 is 1.85 bits per heavy atom. The number of ether oxygens (including phenoxy) is 1. The number of aromatic nitrogens is 2. The SMILES string of the molecule is COc1ccccc1C(C)N(C)CC(=O)c1c(N)n(C)c(=O)n(C)c1=O. The monoisotopic (exact) mass is 360 g/mol. The average molecular weight is 360 g/mol. The van der Waals surface area contributed by atoms with Crippen LogP contribution in [0.2, 0.25) is 0 Å². The highest BCUT2D eigenvalue weighted by molar-refractivity contribution is 6.01. The van der Waals surface area contributed by atoms with Gasteiger partial charge in [-0.25, -0.2) is 4.79 Å². The molecule has 1 atom stereocenters. The fourth-order valence-electron chi connectivity index (χ4n) is 2.81. The lowest BCUT2D eigenvalue weighted by Gasteiger charge is -2.26. The fraction of sp³-hybridized carbons (Fsp3) is 0.389. The van der Waals surface area contributed by atoms with Gasteiger partial charge in [0.2, 0.25) is 0 Å². The molecule has 0 amide bonds. The minimum absolute atomic E-state index is 0.0309. The average Bonchev–Trinajstić information content (AvgIpc) is 2.64. The molecule has 1 aromatic carbocycles. The van der Waals surface area contributed by atoms with Crippen LogP contribution in [0.25, 0.3) is 0 Å². The number of methoxy groups -OCH3 is 1. The summed E-state index contributed by atoms with van der Waals surface area (Å²) in [5.74, 6) is 0.154. The van der Waals surface area contributed by atoms with Gasteiger partial charge in [0.05, 0.1) is 13.7 Å². The Hall–Kier alpha value is -2.87. The summed E-state index contributed by atoms with van der Waals surface area (Å²) in [6.45, 7) is 1.91. The Bertz CT molecular complexity index is 945. The topological polar surface area (TPSA) is 99.6 Å². The van der Waals surface area contributed by atoms with Gasteiger partial charge in [0.15, 0.2) is 5.78 Å². The van der Waals surface area contributed by atoms with Crippen LogP contribution >= 0.6 is 0 Å². The molecule has 0 fully saturated rings. The third kappa shape index (κ3) is 3.41. The van der Waals surface area contributed by atoms with E-state index < -0.39 is 17.0 Å². The van der Waals surface area contributed by atoms with Gasteiger partial charge in [-0.3, -0.25) is 23.6 Å². The molecule has 2 rings (SSSR count). The van der Waals surface area contributed by atoms with E-state index in [9.17, 15) is 14.4 Å². The van der Waals surface area contributed by atoms with E-state index >= 15 is 0 Å². The summed E-state index contributed by atoms with van der Waals surface area (Å²) in [6.07, 6.45) is 0. The molecule has 2 N–H and O–H groups in total. The van der Waals surface area contributed by atoms with Gasteiger partial charge < -0.3 is 10.5 Å². The first-order valence-electron chi connectivity index (χ1n) is 8.12. The van der Waals surface area contributed by atoms with Crippen LogP contribution in [0.3, 0.4) is 0 Å². The number of carbonyl (C=O) groups excluding carboxylic acids is 1. The first kappa shape index (κ1) is 19.5. The van der Waals surface area contributed by atoms with E-state index in [2.05, 4.69) is 0 Å². The van der Waals surface area contributed by atoms with E-state index in [0.29, 0.717) is 0 Å². The zero-order chi connectivity index (χ0) is 19.6. The summed E-state index contributed by atoms with van der Waals surface area (Å²) >= 11 is 0. The first-order valence-corrected chi connectivity index (χ1v) is 8.12. The van der Waals surface area contributed by atoms with Crippen LogP contribution in [-0.2, 0) is 14.1 Å². The number of nitrogen functional groups attached to an aromatic ring is 1. The Balaban J connectivity index is 2.33. The number of hydrogen-bond acceptors (Lipinski definition) is 6. The lowest BCUT2D eigenvalue weighted by Crippen LogP contribution is -2.43. The molecule has 0 aliphatic rings. The van der Waals surface area contributed by atoms with Crippen LogP contribution in [0.1, 0.15) is 28.9 Å². The van der Waals surface area contributed by atoms with Gasteiger partial charge in [-0.05, 0) is 20.0 Å². The largest absolute Gasteiger partial charge is 0.496 e. The van der Waals surface area contributed by atoms with Crippen LogP contribution in [0.15, 0.2) is 33.9 Å². The molecule has 0 aliphatic heterocycles. The number of rotatable bonds is 6. The number of nitrogens with two attached hydrogens (primary N) is 1. The maximum Gasteiger partial charge on any atom is 0.332 e. The summed E-state index contributed by atoms with van der Waals surface area (Å²) < 4.78 is 7.34. The van der Waals surface area contributed by atoms with Gasteiger partial charge in [0.25, 0.3) is 5.56 Å². The molecular weight excluding hydrogens is 336 g/mol. The highest BCUT2D eigenvalue weighted by Gasteiger charge is 2.24. The lowest BCUT2D eigenvalue weighted by atomic mass is 10.1. The molecule has 8 heteroatoms. The van der Waals surface area contributed by atoms with Crippen LogP contribution in [-0.4, -0.2) is 40.5 Å². The molecule has 2 aromatic rings. The number of para-hydroxylation sites is 1. The number of benzene rings is 1. The minimum Gasteiger partial charge on any atom is -0.496 e. The standard InChI is InChI=1S/C18H24N4O4/c1-11(12-8-6-7-9-14(12)26-5)20(2)10-13(23)15-16(19)21(3)18(25)22(4)17(15)24/h6-9,11H,10,19H2,1-5H3. The first-order chi connectivity index (χ1) is 12.2. The number of carbonyl (C=O) groups is 1. The molecule has 26 heavy (non-hydrogen) atoms. The van der Waals surface area contributed by atoms with Crippen LogP contribution < -0.4 is 21.7 Å². The molecule has 0 spiro atoms. The number of nitrogens with zero attached hydrogens (tertiary/aromatic N) is 3. The third-order valence-corrected chi connectivity index (χ3v) is 4.63. The third-order valence-electron chi connectivity index (χ3n) is 4.63. The van der Waals surface area contributed by atoms with Crippen molar-refractivity contribution < 1.29 is 9.53 Å². The molecule has 1 heterocycles. The van der Waals surface area contributed by atoms with E-state index in [1.807, 2.05) is 31.2 Å². The summed E-state index contributed by atoms with van der Waals surface area (Å²) in [7, 11) is 6.11. The second kappa shape index (κ2) is 7.57. The molecule has 0 saturated heterocycles. The fourth-order valence-corrected chi connectivity index (χ4v) is 2.81. The minimum atomic E-state index is -0.686. The molecule has 140 valence electrons. The van der Waals surface area contributed by atoms with Crippen molar-refractivity contribution in [1.82, 2.24) is 14.0 Å². The molecule has 1 aromatic heterocycles. The van der Waals surface area contributed by atoms with Crippen LogP contribution in [0.4, 0.5) is 5.82 Å². The van der Waals surface area contributed by atoms with E-state index in [-0.39, 0.29) is 24.0 Å². The van der Waals surface area contributed by atoms with Crippen molar-refractivity contribution in [3.63, 3.8) is 0 Å². The highest BCUT2D eigenvalue weighted by atomic mass is 16.5. The maximum absolute atomic E-state index is 12.7. The predicted octanol–water partition coefficient (Wildman–Crippen LogP) is 0.551. The quantitative estimate of drug-likeness (QED) is 0.755. The van der Waals surface area contributed by atoms with Crippen LogP contribution in [0.5, 0.6) is 5.75 Å². The Labute approximate surface area is 151 Å². The van der Waals surface area contributed by atoms with Crippen molar-refractivity contribution in [1.29, 1.82) is 0 Å². The summed E-state index contributed by atoms with van der Waals surface area (Å²) in [5.41, 5.74) is 5.35. The van der Waals surface area contributed by atoms with Crippen molar-refractivity contribution in [3.05, 3.63) is 56.2 Å². The van der Waals surface area contributed by atoms with Crippen molar-refractivity contribution in [3.8, 4) is 5.75 Å². The summed E-state index contributed by atoms with van der Waals surface area (Å²) in [5, 5.41) is 0. The number of likely N-dealkylation sites (N-methyl/N-ethyl adjacent to an activating group) is 1. The van der Waals surface area contributed by atoms with Gasteiger partial charge in [0.1, 0.15) is 17.1 Å². The predicted molar refractivity (Wildman–Crippen MR) is 99.7 cm³/mol. The molecule has 1 unspecified atom stereocenters. The maximum atomic E-state index is 12.7. The Morgan fingerprint density at radius 3 is 2.46 bits per heavy atom. The van der Waals surface area contributed by atoms with Gasteiger partial charge in [-0.2, -0.15) is 0 Å². The van der Waals surface area contributed by atoms with Crippen molar-refractivity contribution >= 4 is 11.6 Å². The molecule has 8 nitrogen and oxygen atoms in total. The second-order valence-corrected chi connectivity index (χ2v) is 6.22. The highest BCUT2D eigenvalue weighted by Crippen LogP contribution is 2.28. The van der Waals surface area contributed by atoms with Gasteiger partial charge >= 0.3 is 5.69 Å². The Kier molecular flexibility index (Phi) is 5.66. The van der Waals surface area contributed by atoms with E-state index in [1.165, 1.54) is 14.1 Å². The lowest BCUT2D eigenvalue weighted by molar-refractivity contribution is 0.0922. The van der Waals surface area contributed by atoms with Crippen LogP contribution in [0, 0.1) is 0 Å². The molecule has 0 aliphatic carbocycles. The second-order valence-electron chi connectivity index (χ2n) is 6.22. The summed E-state index contributed by atoms with van der Waals surface area (Å²) in [6, 6.07) is 7.40. The molecular formula is C18H24N4O4. The number of hydrogen-bond donors (Lipinski definition) is 1. The van der Waals surface area contributed by atoms with Gasteiger partial charge in [-0.15, -0.1) is 0 Å². The van der Waals surface area contributed by atoms with Crippen molar-refractivity contribution in [2.24, 2.45) is 14.1 Å². The summed E-state index contributed by atoms with van der Waals surface area (Å²) in [4.78, 5) is 38.7. The van der Waals surface area contributed by atoms with Gasteiger partial charge in [0, 0.05) is 25.7 Å². The Morgan fingerprint density at radius 1 is 1.23 bits per heavy atom. The van der Waals surface area contributed by atoms with Crippen molar-refractivity contribution in [2.45, 2.75) is 13.0 Å². The molecule has 0 radical (unpaired) electrons. The van der Waals surface area contributed by atoms with E-state index in [0.717, 1.165) is 20.4 Å². The number of Topliss-reactive ketones (excluding diaryl/α,β-unsaturated/α-hetero) is 1. The van der Waals surface area contributed by atoms with E-state index in [1.54, 1.807) is 19.1 Å². The number of ketones is 1. The normalized spacial score (nSPS) is 12.2.